The van der Waals surface area contributed by atoms with Gasteiger partial charge in [-0.3, -0.25) is 0 Å². The van der Waals surface area contributed by atoms with Crippen molar-refractivity contribution in [2.75, 3.05) is 13.1 Å². The van der Waals surface area contributed by atoms with Crippen molar-refractivity contribution in [3.05, 3.63) is 24.2 Å². The molecule has 0 radical (unpaired) electrons. The zero-order valence-corrected chi connectivity index (χ0v) is 11.1. The molecule has 0 amide bonds. The lowest BCUT2D eigenvalue weighted by molar-refractivity contribution is 0.430. The maximum atomic E-state index is 5.53. The van der Waals surface area contributed by atoms with Crippen LogP contribution in [-0.4, -0.2) is 19.1 Å². The molecule has 3 heteroatoms. The van der Waals surface area contributed by atoms with Crippen molar-refractivity contribution >= 4 is 0 Å². The van der Waals surface area contributed by atoms with Gasteiger partial charge in [0, 0.05) is 12.5 Å². The molecule has 0 spiro atoms. The molecule has 3 nitrogen and oxygen atoms in total. The van der Waals surface area contributed by atoms with E-state index in [0.29, 0.717) is 6.04 Å². The largest absolute Gasteiger partial charge is 0.469 e. The van der Waals surface area contributed by atoms with Gasteiger partial charge in [-0.1, -0.05) is 6.92 Å². The second-order valence-electron chi connectivity index (χ2n) is 4.96. The number of rotatable bonds is 9. The highest BCUT2D eigenvalue weighted by Gasteiger charge is 2.05. The van der Waals surface area contributed by atoms with Gasteiger partial charge in [0.05, 0.1) is 6.26 Å². The molecule has 0 saturated carbocycles. The summed E-state index contributed by atoms with van der Waals surface area (Å²) in [6, 6.07) is 4.45. The van der Waals surface area contributed by atoms with Crippen LogP contribution in [-0.2, 0) is 6.42 Å². The van der Waals surface area contributed by atoms with Gasteiger partial charge in [-0.05, 0) is 57.3 Å². The number of hydrogen-bond donors (Lipinski definition) is 2. The van der Waals surface area contributed by atoms with E-state index in [1.54, 1.807) is 6.26 Å². The van der Waals surface area contributed by atoms with Crippen molar-refractivity contribution in [2.45, 2.75) is 45.6 Å². The molecule has 0 aliphatic carbocycles. The maximum absolute atomic E-state index is 5.53. The van der Waals surface area contributed by atoms with E-state index >= 15 is 0 Å². The molecule has 0 aliphatic rings. The van der Waals surface area contributed by atoms with E-state index in [2.05, 4.69) is 19.2 Å². The second kappa shape index (κ2) is 8.31. The van der Waals surface area contributed by atoms with Crippen molar-refractivity contribution in [2.24, 2.45) is 11.7 Å². The summed E-state index contributed by atoms with van der Waals surface area (Å²) in [4.78, 5) is 0. The van der Waals surface area contributed by atoms with Crippen molar-refractivity contribution in [3.8, 4) is 0 Å². The molecule has 2 unspecified atom stereocenters. The molecule has 0 aliphatic heterocycles. The van der Waals surface area contributed by atoms with Crippen molar-refractivity contribution in [3.63, 3.8) is 0 Å². The van der Waals surface area contributed by atoms with Gasteiger partial charge in [-0.25, -0.2) is 0 Å². The van der Waals surface area contributed by atoms with Crippen LogP contribution in [0, 0.1) is 5.92 Å². The fraction of sp³-hybridized carbons (Fsp3) is 0.714. The van der Waals surface area contributed by atoms with E-state index in [1.807, 2.05) is 12.1 Å². The van der Waals surface area contributed by atoms with Crippen LogP contribution in [0.4, 0.5) is 0 Å². The molecule has 1 aromatic rings. The van der Waals surface area contributed by atoms with Crippen molar-refractivity contribution < 1.29 is 4.42 Å². The third-order valence-corrected chi connectivity index (χ3v) is 3.11. The number of nitrogens with one attached hydrogen (secondary N) is 1. The van der Waals surface area contributed by atoms with E-state index < -0.39 is 0 Å². The summed E-state index contributed by atoms with van der Waals surface area (Å²) in [5, 5.41) is 3.53. The highest BCUT2D eigenvalue weighted by molar-refractivity contribution is 4.99. The summed E-state index contributed by atoms with van der Waals surface area (Å²) in [7, 11) is 0. The summed E-state index contributed by atoms with van der Waals surface area (Å²) in [6.45, 7) is 6.37. The Morgan fingerprint density at radius 1 is 1.35 bits per heavy atom. The van der Waals surface area contributed by atoms with E-state index in [9.17, 15) is 0 Å². The Labute approximate surface area is 105 Å². The summed E-state index contributed by atoms with van der Waals surface area (Å²) < 4.78 is 5.33. The Morgan fingerprint density at radius 2 is 2.18 bits per heavy atom. The first kappa shape index (κ1) is 14.3. The second-order valence-corrected chi connectivity index (χ2v) is 4.96. The van der Waals surface area contributed by atoms with Crippen LogP contribution in [0.3, 0.4) is 0 Å². The van der Waals surface area contributed by atoms with Gasteiger partial charge in [0.25, 0.3) is 0 Å². The zero-order valence-electron chi connectivity index (χ0n) is 11.1. The Hall–Kier alpha value is -0.800. The summed E-state index contributed by atoms with van der Waals surface area (Å²) in [5.41, 5.74) is 5.53. The van der Waals surface area contributed by atoms with Gasteiger partial charge >= 0.3 is 0 Å². The van der Waals surface area contributed by atoms with Crippen molar-refractivity contribution in [1.82, 2.24) is 5.32 Å². The molecule has 0 fully saturated rings. The molecule has 1 rings (SSSR count). The van der Waals surface area contributed by atoms with Crippen LogP contribution in [0.2, 0.25) is 0 Å². The predicted octanol–water partition coefficient (Wildman–Crippen LogP) is 2.57. The molecule has 2 atom stereocenters. The molecule has 0 aromatic carbocycles. The normalized spacial score (nSPS) is 14.8. The van der Waals surface area contributed by atoms with E-state index in [-0.39, 0.29) is 0 Å². The summed E-state index contributed by atoms with van der Waals surface area (Å²) in [5.74, 6) is 1.81. The molecule has 17 heavy (non-hydrogen) atoms. The molecule has 0 saturated heterocycles. The van der Waals surface area contributed by atoms with Crippen LogP contribution < -0.4 is 11.1 Å². The third-order valence-electron chi connectivity index (χ3n) is 3.11. The van der Waals surface area contributed by atoms with E-state index in [4.69, 9.17) is 10.2 Å². The molecule has 98 valence electrons. The number of nitrogens with two attached hydrogens (primary N) is 1. The quantitative estimate of drug-likeness (QED) is 0.650. The average molecular weight is 238 g/mol. The smallest absolute Gasteiger partial charge is 0.105 e. The van der Waals surface area contributed by atoms with E-state index in [0.717, 1.165) is 37.6 Å². The highest BCUT2D eigenvalue weighted by atomic mass is 16.3. The average Bonchev–Trinajstić information content (AvgIpc) is 2.77. The Bertz CT molecular complexity index is 272. The SMILES string of the molecule is CC(CCN)CCCNC(C)Cc1ccco1. The minimum atomic E-state index is 0.478. The van der Waals surface area contributed by atoms with Gasteiger partial charge < -0.3 is 15.5 Å². The summed E-state index contributed by atoms with van der Waals surface area (Å²) >= 11 is 0. The highest BCUT2D eigenvalue weighted by Crippen LogP contribution is 2.08. The fourth-order valence-electron chi connectivity index (χ4n) is 2.03. The lowest BCUT2D eigenvalue weighted by Gasteiger charge is -2.14. The summed E-state index contributed by atoms with van der Waals surface area (Å²) in [6.07, 6.45) is 6.32. The molecule has 1 heterocycles. The minimum Gasteiger partial charge on any atom is -0.469 e. The third kappa shape index (κ3) is 6.49. The van der Waals surface area contributed by atoms with E-state index in [1.165, 1.54) is 12.8 Å². The molecule has 3 N–H and O–H groups in total. The van der Waals surface area contributed by atoms with Crippen LogP contribution in [0.1, 0.15) is 38.9 Å². The first-order chi connectivity index (χ1) is 8.22. The maximum Gasteiger partial charge on any atom is 0.105 e. The Kier molecular flexibility index (Phi) is 6.97. The fourth-order valence-corrected chi connectivity index (χ4v) is 2.03. The van der Waals surface area contributed by atoms with Gasteiger partial charge in [0.2, 0.25) is 0 Å². The predicted molar refractivity (Wildman–Crippen MR) is 71.9 cm³/mol. The lowest BCUT2D eigenvalue weighted by atomic mass is 10.0. The Morgan fingerprint density at radius 3 is 2.82 bits per heavy atom. The topological polar surface area (TPSA) is 51.2 Å². The monoisotopic (exact) mass is 238 g/mol. The van der Waals surface area contributed by atoms with Gasteiger partial charge in [-0.2, -0.15) is 0 Å². The van der Waals surface area contributed by atoms with Crippen LogP contribution in [0.15, 0.2) is 22.8 Å². The standard InChI is InChI=1S/C14H26N2O/c1-12(7-8-15)5-3-9-16-13(2)11-14-6-4-10-17-14/h4,6,10,12-13,16H,3,5,7-9,11,15H2,1-2H3. The van der Waals surface area contributed by atoms with Gasteiger partial charge in [-0.15, -0.1) is 0 Å². The van der Waals surface area contributed by atoms with Crippen LogP contribution in [0.5, 0.6) is 0 Å². The van der Waals surface area contributed by atoms with Gasteiger partial charge in [0.15, 0.2) is 0 Å². The molecule has 0 bridgehead atoms. The minimum absolute atomic E-state index is 0.478. The van der Waals surface area contributed by atoms with Crippen LogP contribution >= 0.6 is 0 Å². The number of furan rings is 1. The van der Waals surface area contributed by atoms with Crippen molar-refractivity contribution in [1.29, 1.82) is 0 Å². The number of hydrogen-bond acceptors (Lipinski definition) is 3. The molecular weight excluding hydrogens is 212 g/mol. The Balaban J connectivity index is 2.02. The lowest BCUT2D eigenvalue weighted by Crippen LogP contribution is -2.29. The zero-order chi connectivity index (χ0) is 12.5. The first-order valence-electron chi connectivity index (χ1n) is 6.68. The molecule has 1 aromatic heterocycles. The first-order valence-corrected chi connectivity index (χ1v) is 6.68. The van der Waals surface area contributed by atoms with Gasteiger partial charge in [0.1, 0.15) is 5.76 Å². The molecular formula is C14H26N2O. The van der Waals surface area contributed by atoms with Crippen LogP contribution in [0.25, 0.3) is 0 Å².